The minimum absolute atomic E-state index is 0.00972. The first-order chi connectivity index (χ1) is 5.84. The zero-order chi connectivity index (χ0) is 8.81. The highest BCUT2D eigenvalue weighted by atomic mass is 16.1. The maximum Gasteiger partial charge on any atom is 0.185 e. The summed E-state index contributed by atoms with van der Waals surface area (Å²) >= 11 is 0. The zero-order valence-electron chi connectivity index (χ0n) is 6.73. The number of carbonyl (C=O) groups is 1. The highest BCUT2D eigenvalue weighted by Gasteiger charge is 1.97. The summed E-state index contributed by atoms with van der Waals surface area (Å²) < 4.78 is 0. The Morgan fingerprint density at radius 2 is 1.92 bits per heavy atom. The van der Waals surface area contributed by atoms with E-state index in [0.717, 1.165) is 0 Å². The second-order valence-corrected chi connectivity index (χ2v) is 2.33. The third-order valence-electron chi connectivity index (χ3n) is 1.44. The normalized spacial score (nSPS) is 10.0. The Labute approximate surface area is 72.0 Å². The van der Waals surface area contributed by atoms with Gasteiger partial charge in [-0.15, -0.1) is 0 Å². The summed E-state index contributed by atoms with van der Waals surface area (Å²) in [6, 6.07) is 9.14. The van der Waals surface area contributed by atoms with Crippen molar-refractivity contribution >= 4 is 5.78 Å². The first-order valence-corrected chi connectivity index (χ1v) is 3.73. The van der Waals surface area contributed by atoms with Gasteiger partial charge < -0.3 is 0 Å². The summed E-state index contributed by atoms with van der Waals surface area (Å²) in [7, 11) is 0. The van der Waals surface area contributed by atoms with Crippen LogP contribution < -0.4 is 0 Å². The van der Waals surface area contributed by atoms with Crippen molar-refractivity contribution in [2.24, 2.45) is 0 Å². The molecule has 0 unspecified atom stereocenters. The highest BCUT2D eigenvalue weighted by Crippen LogP contribution is 2.00. The van der Waals surface area contributed by atoms with Gasteiger partial charge in [0.1, 0.15) is 0 Å². The van der Waals surface area contributed by atoms with Crippen LogP contribution in [0.15, 0.2) is 55.1 Å². The van der Waals surface area contributed by atoms with E-state index >= 15 is 0 Å². The van der Waals surface area contributed by atoms with Crippen molar-refractivity contribution in [3.8, 4) is 0 Å². The van der Waals surface area contributed by atoms with Gasteiger partial charge in [0.2, 0.25) is 0 Å². The molecule has 0 saturated heterocycles. The lowest BCUT2D eigenvalue weighted by Crippen LogP contribution is -1.91. The molecule has 0 aliphatic rings. The molecule has 0 bridgehead atoms. The van der Waals surface area contributed by atoms with Crippen LogP contribution in [-0.2, 0) is 0 Å². The quantitative estimate of drug-likeness (QED) is 0.375. The first-order valence-electron chi connectivity index (χ1n) is 3.73. The Bertz CT molecular complexity index is 296. The fourth-order valence-corrected chi connectivity index (χ4v) is 0.854. The second kappa shape index (κ2) is 4.29. The van der Waals surface area contributed by atoms with Crippen molar-refractivity contribution in [2.75, 3.05) is 0 Å². The topological polar surface area (TPSA) is 17.1 Å². The molecule has 0 spiro atoms. The molecule has 12 heavy (non-hydrogen) atoms. The van der Waals surface area contributed by atoms with Crippen LogP contribution in [0, 0.1) is 0 Å². The molecule has 0 fully saturated rings. The fraction of sp³-hybridized carbons (Fsp3) is 0. The number of hydrogen-bond acceptors (Lipinski definition) is 1. The van der Waals surface area contributed by atoms with Crippen LogP contribution in [-0.4, -0.2) is 5.78 Å². The number of ketones is 1. The van der Waals surface area contributed by atoms with Crippen LogP contribution in [0.4, 0.5) is 0 Å². The van der Waals surface area contributed by atoms with Gasteiger partial charge in [0.05, 0.1) is 0 Å². The van der Waals surface area contributed by atoms with Gasteiger partial charge in [-0.3, -0.25) is 4.79 Å². The number of allylic oxidation sites excluding steroid dienone is 3. The number of rotatable bonds is 3. The Morgan fingerprint density at radius 1 is 1.25 bits per heavy atom. The standard InChI is InChI=1S/C11H10O/c1-2-3-9-11(12)10-7-5-4-6-8-10/h2-9H,1H2. The minimum atomic E-state index is 0.00972. The first kappa shape index (κ1) is 8.47. The summed E-state index contributed by atoms with van der Waals surface area (Å²) in [6.45, 7) is 3.49. The SMILES string of the molecule is C=CC=CC(=O)c1ccccc1. The average molecular weight is 158 g/mol. The van der Waals surface area contributed by atoms with Gasteiger partial charge in [-0.2, -0.15) is 0 Å². The number of benzene rings is 1. The molecule has 0 aromatic heterocycles. The van der Waals surface area contributed by atoms with Crippen LogP contribution >= 0.6 is 0 Å². The summed E-state index contributed by atoms with van der Waals surface area (Å²) in [5.41, 5.74) is 0.704. The lowest BCUT2D eigenvalue weighted by molar-refractivity contribution is 0.104. The predicted octanol–water partition coefficient (Wildman–Crippen LogP) is 2.61. The predicted molar refractivity (Wildman–Crippen MR) is 50.1 cm³/mol. The Hall–Kier alpha value is -1.63. The Kier molecular flexibility index (Phi) is 3.03. The van der Waals surface area contributed by atoms with E-state index in [1.807, 2.05) is 18.2 Å². The van der Waals surface area contributed by atoms with Gasteiger partial charge in [-0.05, 0) is 6.08 Å². The molecule has 1 heteroatoms. The third-order valence-corrected chi connectivity index (χ3v) is 1.44. The van der Waals surface area contributed by atoms with Gasteiger partial charge in [0.15, 0.2) is 5.78 Å². The van der Waals surface area contributed by atoms with Gasteiger partial charge in [-0.25, -0.2) is 0 Å². The molecule has 0 amide bonds. The maximum absolute atomic E-state index is 11.3. The van der Waals surface area contributed by atoms with Crippen LogP contribution in [0.1, 0.15) is 10.4 Å². The second-order valence-electron chi connectivity index (χ2n) is 2.33. The summed E-state index contributed by atoms with van der Waals surface area (Å²) in [6.07, 6.45) is 4.72. The molecule has 0 saturated carbocycles. The van der Waals surface area contributed by atoms with E-state index in [-0.39, 0.29) is 5.78 Å². The van der Waals surface area contributed by atoms with Crippen molar-refractivity contribution in [2.45, 2.75) is 0 Å². The van der Waals surface area contributed by atoms with Crippen molar-refractivity contribution in [1.29, 1.82) is 0 Å². The molecule has 0 heterocycles. The van der Waals surface area contributed by atoms with Crippen LogP contribution in [0.25, 0.3) is 0 Å². The summed E-state index contributed by atoms with van der Waals surface area (Å²) in [5.74, 6) is 0.00972. The van der Waals surface area contributed by atoms with Gasteiger partial charge in [0, 0.05) is 5.56 Å². The molecule has 1 nitrogen and oxygen atoms in total. The average Bonchev–Trinajstić information content (AvgIpc) is 2.15. The van der Waals surface area contributed by atoms with E-state index in [1.165, 1.54) is 6.08 Å². The van der Waals surface area contributed by atoms with Crippen molar-refractivity contribution in [1.82, 2.24) is 0 Å². The smallest absolute Gasteiger partial charge is 0.185 e. The number of hydrogen-bond donors (Lipinski definition) is 0. The van der Waals surface area contributed by atoms with Crippen LogP contribution in [0.5, 0.6) is 0 Å². The van der Waals surface area contributed by atoms with E-state index in [4.69, 9.17) is 0 Å². The van der Waals surface area contributed by atoms with Crippen molar-refractivity contribution < 1.29 is 4.79 Å². The van der Waals surface area contributed by atoms with E-state index in [0.29, 0.717) is 5.56 Å². The molecule has 0 N–H and O–H groups in total. The molecule has 1 aromatic carbocycles. The maximum atomic E-state index is 11.3. The third kappa shape index (κ3) is 2.20. The zero-order valence-corrected chi connectivity index (χ0v) is 6.73. The number of carbonyl (C=O) groups excluding carboxylic acids is 1. The summed E-state index contributed by atoms with van der Waals surface area (Å²) in [5, 5.41) is 0. The molecular formula is C11H10O. The molecule has 0 radical (unpaired) electrons. The van der Waals surface area contributed by atoms with Crippen molar-refractivity contribution in [3.63, 3.8) is 0 Å². The van der Waals surface area contributed by atoms with Crippen molar-refractivity contribution in [3.05, 3.63) is 60.7 Å². The minimum Gasteiger partial charge on any atom is -0.289 e. The molecule has 0 atom stereocenters. The molecule has 0 aliphatic heterocycles. The summed E-state index contributed by atoms with van der Waals surface area (Å²) in [4.78, 5) is 11.3. The molecule has 1 rings (SSSR count). The van der Waals surface area contributed by atoms with Gasteiger partial charge in [-0.1, -0.05) is 49.1 Å². The van der Waals surface area contributed by atoms with Crippen LogP contribution in [0.2, 0.25) is 0 Å². The monoisotopic (exact) mass is 158 g/mol. The lowest BCUT2D eigenvalue weighted by Gasteiger charge is -1.91. The highest BCUT2D eigenvalue weighted by molar-refractivity contribution is 6.04. The van der Waals surface area contributed by atoms with E-state index in [1.54, 1.807) is 24.3 Å². The molecule has 60 valence electrons. The molecule has 1 aromatic rings. The van der Waals surface area contributed by atoms with E-state index in [2.05, 4.69) is 6.58 Å². The van der Waals surface area contributed by atoms with E-state index in [9.17, 15) is 4.79 Å². The Balaban J connectivity index is 2.79. The van der Waals surface area contributed by atoms with Crippen LogP contribution in [0.3, 0.4) is 0 Å². The molecule has 0 aliphatic carbocycles. The van der Waals surface area contributed by atoms with Gasteiger partial charge >= 0.3 is 0 Å². The Morgan fingerprint density at radius 3 is 2.50 bits per heavy atom. The molecular weight excluding hydrogens is 148 g/mol. The lowest BCUT2D eigenvalue weighted by atomic mass is 10.1. The fourth-order valence-electron chi connectivity index (χ4n) is 0.854. The largest absolute Gasteiger partial charge is 0.289 e. The van der Waals surface area contributed by atoms with E-state index < -0.39 is 0 Å². The van der Waals surface area contributed by atoms with Gasteiger partial charge in [0.25, 0.3) is 0 Å².